The maximum Gasteiger partial charge on any atom is 0.334 e. The van der Waals surface area contributed by atoms with Crippen molar-refractivity contribution in [2.45, 2.75) is 51.7 Å². The lowest BCUT2D eigenvalue weighted by molar-refractivity contribution is -0.139. The summed E-state index contributed by atoms with van der Waals surface area (Å²) in [7, 11) is 0. The van der Waals surface area contributed by atoms with Gasteiger partial charge in [-0.1, -0.05) is 25.2 Å². The number of fused-ring (bicyclic) bond motifs is 1. The molecule has 3 nitrogen and oxygen atoms in total. The predicted molar refractivity (Wildman–Crippen MR) is 69.9 cm³/mol. The summed E-state index contributed by atoms with van der Waals surface area (Å²) in [5.41, 5.74) is 2.01. The number of aliphatic hydroxyl groups is 1. The quantitative estimate of drug-likeness (QED) is 0.476. The minimum absolute atomic E-state index is 0.000278. The van der Waals surface area contributed by atoms with Crippen molar-refractivity contribution in [3.63, 3.8) is 0 Å². The lowest BCUT2D eigenvalue weighted by Gasteiger charge is -2.18. The Hall–Kier alpha value is -1.09. The molecule has 3 heteroatoms. The highest BCUT2D eigenvalue weighted by atomic mass is 16.6. The van der Waals surface area contributed by atoms with Crippen LogP contribution < -0.4 is 0 Å². The predicted octanol–water partition coefficient (Wildman–Crippen LogP) is 2.60. The van der Waals surface area contributed by atoms with Gasteiger partial charge in [0, 0.05) is 11.5 Å². The van der Waals surface area contributed by atoms with Gasteiger partial charge in [-0.2, -0.15) is 0 Å². The summed E-state index contributed by atoms with van der Waals surface area (Å²) >= 11 is 0. The van der Waals surface area contributed by atoms with E-state index in [4.69, 9.17) is 4.74 Å². The third-order valence-electron chi connectivity index (χ3n) is 4.12. The molecule has 1 fully saturated rings. The molecule has 4 atom stereocenters. The van der Waals surface area contributed by atoms with Crippen LogP contribution in [0.3, 0.4) is 0 Å². The number of aliphatic hydroxyl groups excluding tert-OH is 1. The molecule has 2 aliphatic rings. The van der Waals surface area contributed by atoms with Gasteiger partial charge in [-0.3, -0.25) is 0 Å². The number of esters is 1. The number of carbonyl (C=O) groups is 1. The van der Waals surface area contributed by atoms with Crippen molar-refractivity contribution < 1.29 is 14.6 Å². The molecular weight excluding hydrogens is 228 g/mol. The van der Waals surface area contributed by atoms with Gasteiger partial charge >= 0.3 is 5.97 Å². The van der Waals surface area contributed by atoms with Crippen LogP contribution in [0.2, 0.25) is 0 Å². The largest absolute Gasteiger partial charge is 0.458 e. The molecule has 1 saturated heterocycles. The van der Waals surface area contributed by atoms with Crippen LogP contribution in [0.5, 0.6) is 0 Å². The fourth-order valence-electron chi connectivity index (χ4n) is 2.88. The number of allylic oxidation sites excluding steroid dienone is 2. The zero-order valence-electron chi connectivity index (χ0n) is 11.2. The molecule has 0 saturated carbocycles. The molecule has 0 aromatic carbocycles. The second-order valence-corrected chi connectivity index (χ2v) is 5.61. The Morgan fingerprint density at radius 1 is 1.61 bits per heavy atom. The van der Waals surface area contributed by atoms with Gasteiger partial charge in [0.25, 0.3) is 0 Å². The first-order valence-corrected chi connectivity index (χ1v) is 6.75. The lowest BCUT2D eigenvalue weighted by atomic mass is 9.90. The van der Waals surface area contributed by atoms with Crippen molar-refractivity contribution >= 4 is 5.97 Å². The first kappa shape index (κ1) is 13.3. The fourth-order valence-corrected chi connectivity index (χ4v) is 2.88. The standard InChI is InChI=1S/C15H22O3/c1-9-8-14-13(11(3)15(17)18-14)7-6-12(9)5-4-10(2)16/h6,9-10,13-14,16H,3-5,7-8H2,1-2H3/t9-,10?,13-,14-/m1/s1. The molecule has 100 valence electrons. The van der Waals surface area contributed by atoms with Gasteiger partial charge in [-0.05, 0) is 38.5 Å². The number of carbonyl (C=O) groups excluding carboxylic acids is 1. The SMILES string of the molecule is C=C1C(=O)O[C@@H]2C[C@@H](C)C(CCC(C)O)=CC[C@H]12. The zero-order valence-corrected chi connectivity index (χ0v) is 11.2. The molecule has 0 bridgehead atoms. The minimum Gasteiger partial charge on any atom is -0.458 e. The smallest absolute Gasteiger partial charge is 0.334 e. The highest BCUT2D eigenvalue weighted by Gasteiger charge is 2.40. The zero-order chi connectivity index (χ0) is 13.3. The highest BCUT2D eigenvalue weighted by molar-refractivity contribution is 5.90. The molecule has 18 heavy (non-hydrogen) atoms. The summed E-state index contributed by atoms with van der Waals surface area (Å²) < 4.78 is 5.38. The Bertz CT molecular complexity index is 381. The summed E-state index contributed by atoms with van der Waals surface area (Å²) in [6.07, 6.45) is 5.42. The van der Waals surface area contributed by atoms with E-state index in [1.165, 1.54) is 5.57 Å². The van der Waals surface area contributed by atoms with E-state index in [0.29, 0.717) is 11.5 Å². The Balaban J connectivity index is 2.06. The van der Waals surface area contributed by atoms with Gasteiger partial charge in [-0.25, -0.2) is 4.79 Å². The molecule has 1 aliphatic heterocycles. The molecule has 0 radical (unpaired) electrons. The first-order valence-electron chi connectivity index (χ1n) is 6.75. The van der Waals surface area contributed by atoms with Crippen molar-refractivity contribution in [3.05, 3.63) is 23.8 Å². The number of ether oxygens (including phenoxy) is 1. The Labute approximate surface area is 109 Å². The van der Waals surface area contributed by atoms with Crippen LogP contribution in [-0.2, 0) is 9.53 Å². The average Bonchev–Trinajstić information content (AvgIpc) is 2.46. The van der Waals surface area contributed by atoms with Crippen LogP contribution in [0.4, 0.5) is 0 Å². The number of hydrogen-bond acceptors (Lipinski definition) is 3. The molecule has 0 spiro atoms. The molecule has 1 heterocycles. The van der Waals surface area contributed by atoms with Crippen molar-refractivity contribution in [2.24, 2.45) is 11.8 Å². The van der Waals surface area contributed by atoms with E-state index in [1.54, 1.807) is 0 Å². The van der Waals surface area contributed by atoms with E-state index in [-0.39, 0.29) is 24.1 Å². The second kappa shape index (κ2) is 5.27. The molecule has 0 amide bonds. The van der Waals surface area contributed by atoms with Crippen LogP contribution >= 0.6 is 0 Å². The van der Waals surface area contributed by atoms with Gasteiger partial charge in [0.15, 0.2) is 0 Å². The Morgan fingerprint density at radius 2 is 2.33 bits per heavy atom. The summed E-state index contributed by atoms with van der Waals surface area (Å²) in [5, 5.41) is 9.37. The third kappa shape index (κ3) is 2.66. The van der Waals surface area contributed by atoms with Crippen molar-refractivity contribution in [2.75, 3.05) is 0 Å². The second-order valence-electron chi connectivity index (χ2n) is 5.61. The van der Waals surface area contributed by atoms with Crippen LogP contribution in [0, 0.1) is 11.8 Å². The molecule has 1 N–H and O–H groups in total. The van der Waals surface area contributed by atoms with E-state index in [2.05, 4.69) is 19.6 Å². The minimum atomic E-state index is -0.256. The normalized spacial score (nSPS) is 33.5. The van der Waals surface area contributed by atoms with Gasteiger partial charge in [0.1, 0.15) is 6.10 Å². The number of hydrogen-bond donors (Lipinski definition) is 1. The molecule has 2 rings (SSSR count). The topological polar surface area (TPSA) is 46.5 Å². The van der Waals surface area contributed by atoms with Crippen molar-refractivity contribution in [1.29, 1.82) is 0 Å². The van der Waals surface area contributed by atoms with Gasteiger partial charge in [0.05, 0.1) is 6.10 Å². The molecule has 1 aliphatic carbocycles. The van der Waals surface area contributed by atoms with Crippen LogP contribution in [0.1, 0.15) is 39.5 Å². The van der Waals surface area contributed by atoms with Crippen LogP contribution in [0.15, 0.2) is 23.8 Å². The number of rotatable bonds is 3. The molecule has 0 aromatic heterocycles. The molecule has 0 aromatic rings. The van der Waals surface area contributed by atoms with Gasteiger partial charge in [-0.15, -0.1) is 0 Å². The van der Waals surface area contributed by atoms with Gasteiger partial charge in [0.2, 0.25) is 0 Å². The van der Waals surface area contributed by atoms with Gasteiger partial charge < -0.3 is 9.84 Å². The third-order valence-corrected chi connectivity index (χ3v) is 4.12. The van der Waals surface area contributed by atoms with E-state index in [9.17, 15) is 9.90 Å². The maximum atomic E-state index is 11.5. The summed E-state index contributed by atoms with van der Waals surface area (Å²) in [5.74, 6) is 0.347. The first-order chi connectivity index (χ1) is 8.49. The van der Waals surface area contributed by atoms with Crippen molar-refractivity contribution in [1.82, 2.24) is 0 Å². The van der Waals surface area contributed by atoms with E-state index < -0.39 is 0 Å². The van der Waals surface area contributed by atoms with E-state index in [0.717, 1.165) is 25.7 Å². The van der Waals surface area contributed by atoms with E-state index >= 15 is 0 Å². The maximum absolute atomic E-state index is 11.5. The summed E-state index contributed by atoms with van der Waals surface area (Å²) in [4.78, 5) is 11.5. The monoisotopic (exact) mass is 250 g/mol. The Kier molecular flexibility index (Phi) is 3.91. The van der Waals surface area contributed by atoms with Crippen LogP contribution in [-0.4, -0.2) is 23.3 Å². The average molecular weight is 250 g/mol. The Morgan fingerprint density at radius 3 is 3.00 bits per heavy atom. The lowest BCUT2D eigenvalue weighted by Crippen LogP contribution is -2.17. The fraction of sp³-hybridized carbons (Fsp3) is 0.667. The highest BCUT2D eigenvalue weighted by Crippen LogP contribution is 2.39. The summed E-state index contributed by atoms with van der Waals surface area (Å²) in [6.45, 7) is 7.83. The molecule has 1 unspecified atom stereocenters. The van der Waals surface area contributed by atoms with Crippen molar-refractivity contribution in [3.8, 4) is 0 Å². The van der Waals surface area contributed by atoms with Crippen LogP contribution in [0.25, 0.3) is 0 Å². The molecular formula is C15H22O3. The summed E-state index contributed by atoms with van der Waals surface area (Å²) in [6, 6.07) is 0. The van der Waals surface area contributed by atoms with E-state index in [1.807, 2.05) is 6.92 Å².